The Kier molecular flexibility index (Phi) is 13.6. The van der Waals surface area contributed by atoms with Gasteiger partial charge < -0.3 is 0 Å². The van der Waals surface area contributed by atoms with Crippen LogP contribution in [0.3, 0.4) is 0 Å². The van der Waals surface area contributed by atoms with Crippen molar-refractivity contribution in [2.45, 2.75) is 45.4 Å². The summed E-state index contributed by atoms with van der Waals surface area (Å²) < 4.78 is 0. The minimum Gasteiger partial charge on any atom is -0.0991 e. The van der Waals surface area contributed by atoms with Gasteiger partial charge in [-0.2, -0.15) is 0 Å². The summed E-state index contributed by atoms with van der Waals surface area (Å²) in [6.45, 7) is 5.86. The SMILES string of the molecule is C=CC=CCC=CCC=CC=CCCCCC. The topological polar surface area (TPSA) is 0 Å². The van der Waals surface area contributed by atoms with Crippen LogP contribution in [0.15, 0.2) is 61.3 Å². The van der Waals surface area contributed by atoms with Gasteiger partial charge in [0.1, 0.15) is 0 Å². The highest BCUT2D eigenvalue weighted by molar-refractivity contribution is 5.06. The van der Waals surface area contributed by atoms with Gasteiger partial charge >= 0.3 is 0 Å². The molecule has 0 aliphatic heterocycles. The minimum atomic E-state index is 0.993. The van der Waals surface area contributed by atoms with E-state index in [0.29, 0.717) is 0 Å². The number of unbranched alkanes of at least 4 members (excludes halogenated alkanes) is 3. The molecule has 0 heterocycles. The van der Waals surface area contributed by atoms with E-state index in [1.54, 1.807) is 6.08 Å². The molecule has 0 heteroatoms. The molecule has 0 bridgehead atoms. The van der Waals surface area contributed by atoms with Crippen molar-refractivity contribution in [3.63, 3.8) is 0 Å². The Morgan fingerprint density at radius 2 is 1.41 bits per heavy atom. The summed E-state index contributed by atoms with van der Waals surface area (Å²) in [7, 11) is 0. The summed E-state index contributed by atoms with van der Waals surface area (Å²) in [5.74, 6) is 0. The molecular formula is C17H26. The Morgan fingerprint density at radius 3 is 2.06 bits per heavy atom. The molecule has 0 fully saturated rings. The molecule has 0 amide bonds. The highest BCUT2D eigenvalue weighted by Crippen LogP contribution is 1.99. The van der Waals surface area contributed by atoms with Crippen molar-refractivity contribution in [1.29, 1.82) is 0 Å². The first kappa shape index (κ1) is 15.7. The van der Waals surface area contributed by atoms with Crippen LogP contribution in [0.2, 0.25) is 0 Å². The summed E-state index contributed by atoms with van der Waals surface area (Å²) in [5.41, 5.74) is 0. The molecule has 0 aromatic heterocycles. The van der Waals surface area contributed by atoms with Crippen molar-refractivity contribution in [2.24, 2.45) is 0 Å². The molecule has 0 unspecified atom stereocenters. The Balaban J connectivity index is 3.40. The zero-order chi connectivity index (χ0) is 12.6. The van der Waals surface area contributed by atoms with Crippen LogP contribution in [0.1, 0.15) is 45.4 Å². The fraction of sp³-hybridized carbons (Fsp3) is 0.412. The third-order valence-corrected chi connectivity index (χ3v) is 2.34. The van der Waals surface area contributed by atoms with Crippen molar-refractivity contribution >= 4 is 0 Å². The van der Waals surface area contributed by atoms with Gasteiger partial charge in [-0.15, -0.1) is 0 Å². The van der Waals surface area contributed by atoms with Crippen molar-refractivity contribution in [2.75, 3.05) is 0 Å². The van der Waals surface area contributed by atoms with Crippen molar-refractivity contribution in [3.8, 4) is 0 Å². The monoisotopic (exact) mass is 230 g/mol. The van der Waals surface area contributed by atoms with E-state index in [1.165, 1.54) is 25.7 Å². The average Bonchev–Trinajstić information content (AvgIpc) is 2.35. The summed E-state index contributed by atoms with van der Waals surface area (Å²) in [4.78, 5) is 0. The van der Waals surface area contributed by atoms with Crippen molar-refractivity contribution in [3.05, 3.63) is 61.3 Å². The van der Waals surface area contributed by atoms with Gasteiger partial charge in [-0.05, 0) is 25.7 Å². The average molecular weight is 230 g/mol. The van der Waals surface area contributed by atoms with E-state index in [1.807, 2.05) is 6.08 Å². The maximum absolute atomic E-state index is 3.63. The summed E-state index contributed by atoms with van der Waals surface area (Å²) in [6.07, 6.45) is 26.1. The zero-order valence-corrected chi connectivity index (χ0v) is 11.1. The lowest BCUT2D eigenvalue weighted by atomic mass is 10.2. The molecule has 0 rings (SSSR count). The van der Waals surface area contributed by atoms with E-state index in [-0.39, 0.29) is 0 Å². The first-order chi connectivity index (χ1) is 8.41. The molecule has 0 atom stereocenters. The van der Waals surface area contributed by atoms with Gasteiger partial charge in [-0.1, -0.05) is 81.0 Å². The molecule has 0 aliphatic rings. The molecular weight excluding hydrogens is 204 g/mol. The number of hydrogen-bond acceptors (Lipinski definition) is 0. The van der Waals surface area contributed by atoms with Gasteiger partial charge in [0.25, 0.3) is 0 Å². The van der Waals surface area contributed by atoms with Crippen molar-refractivity contribution < 1.29 is 0 Å². The van der Waals surface area contributed by atoms with Crippen LogP contribution in [0.5, 0.6) is 0 Å². The normalized spacial score (nSPS) is 12.5. The molecule has 0 aliphatic carbocycles. The van der Waals surface area contributed by atoms with E-state index in [4.69, 9.17) is 0 Å². The zero-order valence-electron chi connectivity index (χ0n) is 11.1. The Bertz CT molecular complexity index is 264. The number of rotatable bonds is 10. The fourth-order valence-corrected chi connectivity index (χ4v) is 1.37. The molecule has 0 radical (unpaired) electrons. The second kappa shape index (κ2) is 14.7. The molecule has 0 aromatic rings. The highest BCUT2D eigenvalue weighted by Gasteiger charge is 1.79. The van der Waals surface area contributed by atoms with E-state index < -0.39 is 0 Å². The van der Waals surface area contributed by atoms with Crippen LogP contribution < -0.4 is 0 Å². The molecule has 0 saturated heterocycles. The minimum absolute atomic E-state index is 0.993. The van der Waals surface area contributed by atoms with E-state index in [2.05, 4.69) is 56.0 Å². The molecule has 0 nitrogen and oxygen atoms in total. The smallest absolute Gasteiger partial charge is 0.0166 e. The highest BCUT2D eigenvalue weighted by atomic mass is 13.9. The van der Waals surface area contributed by atoms with E-state index in [9.17, 15) is 0 Å². The standard InChI is InChI=1S/C17H26/c1-3-5-7-9-11-13-15-17-16-14-12-10-8-6-4-2/h3,5,7,11-14,16-17H,1,4,6,8-10,15H2,2H3. The van der Waals surface area contributed by atoms with Crippen LogP contribution >= 0.6 is 0 Å². The molecule has 17 heavy (non-hydrogen) atoms. The van der Waals surface area contributed by atoms with Crippen LogP contribution in [0.4, 0.5) is 0 Å². The fourth-order valence-electron chi connectivity index (χ4n) is 1.37. The van der Waals surface area contributed by atoms with Gasteiger partial charge in [-0.3, -0.25) is 0 Å². The first-order valence-electron chi connectivity index (χ1n) is 6.66. The van der Waals surface area contributed by atoms with E-state index in [0.717, 1.165) is 12.8 Å². The van der Waals surface area contributed by atoms with Crippen LogP contribution in [-0.2, 0) is 0 Å². The van der Waals surface area contributed by atoms with Crippen LogP contribution in [0, 0.1) is 0 Å². The second-order valence-electron chi connectivity index (χ2n) is 3.96. The second-order valence-corrected chi connectivity index (χ2v) is 3.96. The maximum Gasteiger partial charge on any atom is -0.0166 e. The third kappa shape index (κ3) is 14.7. The quantitative estimate of drug-likeness (QED) is 0.254. The largest absolute Gasteiger partial charge is 0.0991 e. The van der Waals surface area contributed by atoms with Gasteiger partial charge in [0.15, 0.2) is 0 Å². The lowest BCUT2D eigenvalue weighted by molar-refractivity contribution is 0.729. The maximum atomic E-state index is 3.63. The Morgan fingerprint density at radius 1 is 0.765 bits per heavy atom. The summed E-state index contributed by atoms with van der Waals surface area (Å²) in [5, 5.41) is 0. The van der Waals surface area contributed by atoms with Gasteiger partial charge in [-0.25, -0.2) is 0 Å². The molecule has 0 aromatic carbocycles. The van der Waals surface area contributed by atoms with Gasteiger partial charge in [0, 0.05) is 0 Å². The molecule has 0 N–H and O–H groups in total. The van der Waals surface area contributed by atoms with Crippen molar-refractivity contribution in [1.82, 2.24) is 0 Å². The van der Waals surface area contributed by atoms with Gasteiger partial charge in [0.05, 0.1) is 0 Å². The third-order valence-electron chi connectivity index (χ3n) is 2.34. The van der Waals surface area contributed by atoms with Crippen LogP contribution in [-0.4, -0.2) is 0 Å². The first-order valence-corrected chi connectivity index (χ1v) is 6.66. The lowest BCUT2D eigenvalue weighted by Crippen LogP contribution is -1.69. The Hall–Kier alpha value is -1.30. The number of allylic oxidation sites excluding steroid dienone is 9. The van der Waals surface area contributed by atoms with E-state index >= 15 is 0 Å². The molecule has 0 saturated carbocycles. The summed E-state index contributed by atoms with van der Waals surface area (Å²) in [6, 6.07) is 0. The Labute approximate surface area is 107 Å². The van der Waals surface area contributed by atoms with Gasteiger partial charge in [0.2, 0.25) is 0 Å². The summed E-state index contributed by atoms with van der Waals surface area (Å²) >= 11 is 0. The molecule has 94 valence electrons. The predicted octanol–water partition coefficient (Wildman–Crippen LogP) is 5.76. The predicted molar refractivity (Wildman–Crippen MR) is 80.1 cm³/mol. The van der Waals surface area contributed by atoms with Crippen LogP contribution in [0.25, 0.3) is 0 Å². The number of hydrogen-bond donors (Lipinski definition) is 0. The lowest BCUT2D eigenvalue weighted by Gasteiger charge is -1.89. The molecule has 0 spiro atoms.